The first kappa shape index (κ1) is 45.0. The van der Waals surface area contributed by atoms with Crippen molar-refractivity contribution in [3.8, 4) is 0 Å². The summed E-state index contributed by atoms with van der Waals surface area (Å²) in [6.07, 6.45) is -3.49. The maximum absolute atomic E-state index is 14.6. The average molecular weight is 793 g/mol. The number of likely N-dealkylation sites (N-methyl/N-ethyl adjacent to an activating group) is 1. The first-order valence-corrected chi connectivity index (χ1v) is 20.6. The number of nitrogens with zero attached hydrogens (tertiary/aromatic N) is 4. The monoisotopic (exact) mass is 792 g/mol. The lowest BCUT2D eigenvalue weighted by Crippen LogP contribution is -2.60. The van der Waals surface area contributed by atoms with Gasteiger partial charge in [0, 0.05) is 54.6 Å². The number of rotatable bonds is 10. The molecule has 0 bridgehead atoms. The van der Waals surface area contributed by atoms with Gasteiger partial charge in [0.25, 0.3) is 0 Å². The first-order valence-electron chi connectivity index (χ1n) is 19.6. The molecule has 0 aliphatic carbocycles. The Labute approximate surface area is 331 Å². The second-order valence-electron chi connectivity index (χ2n) is 16.5. The highest BCUT2D eigenvalue weighted by molar-refractivity contribution is 7.99. The Morgan fingerprint density at radius 1 is 1.02 bits per heavy atom. The van der Waals surface area contributed by atoms with E-state index < -0.39 is 83.4 Å². The molecule has 4 rings (SSSR count). The quantitative estimate of drug-likeness (QED) is 0.113. The molecule has 1 amide bonds. The zero-order chi connectivity index (χ0) is 41.2. The average Bonchev–Trinajstić information content (AvgIpc) is 3.38. The number of carbonyl (C=O) groups is 4. The van der Waals surface area contributed by atoms with E-state index in [0.29, 0.717) is 23.8 Å². The van der Waals surface area contributed by atoms with Crippen LogP contribution in [-0.4, -0.2) is 136 Å². The van der Waals surface area contributed by atoms with Crippen molar-refractivity contribution >= 4 is 35.4 Å². The third-order valence-corrected chi connectivity index (χ3v) is 12.8. The standard InChI is InChI=1S/C40H64N4O10S/c1-14-29-40(10)33(44(38(49)54-40)16-15-17-55-37-41-22(3)18-23(4)42-37)25(6)30(45)21(2)20-39(9,50-13)34(26(7)31(46)27(8)35(48)52-29)53-36-32(47)28(43(11)12)19-24(5)51-36/h18,21,24-29,32-34,36,47H,14-17,19-20H2,1-13H3/t21-,24-,25+,26+,27-,28+,29-,32-,33-,34-,36+,39+,40-/m1/s1. The van der Waals surface area contributed by atoms with Crippen molar-refractivity contribution in [3.63, 3.8) is 0 Å². The number of thioether (sulfide) groups is 1. The third-order valence-electron chi connectivity index (χ3n) is 11.9. The number of aliphatic hydroxyl groups excluding tert-OH is 1. The lowest BCUT2D eigenvalue weighted by atomic mass is 9.73. The van der Waals surface area contributed by atoms with Gasteiger partial charge in [0.15, 0.2) is 22.8 Å². The molecule has 310 valence electrons. The number of ketones is 2. The van der Waals surface area contributed by atoms with Crippen LogP contribution in [0.1, 0.15) is 92.5 Å². The molecule has 0 saturated carbocycles. The number of fused-ring (bicyclic) bond motifs is 1. The van der Waals surface area contributed by atoms with E-state index in [1.54, 1.807) is 39.5 Å². The Bertz CT molecular complexity index is 1530. The minimum Gasteiger partial charge on any atom is -0.458 e. The van der Waals surface area contributed by atoms with Gasteiger partial charge in [0.2, 0.25) is 0 Å². The Morgan fingerprint density at radius 3 is 2.24 bits per heavy atom. The molecule has 14 nitrogen and oxygen atoms in total. The van der Waals surface area contributed by atoms with Crippen LogP contribution in [0.5, 0.6) is 0 Å². The number of methoxy groups -OCH3 is 1. The predicted octanol–water partition coefficient (Wildman–Crippen LogP) is 4.78. The van der Waals surface area contributed by atoms with Crippen molar-refractivity contribution in [2.75, 3.05) is 33.5 Å². The molecule has 3 aliphatic rings. The zero-order valence-corrected chi connectivity index (χ0v) is 35.8. The number of Topliss-reactive ketones (excluding diaryl/α,β-unsaturated/α-hetero) is 2. The lowest BCUT2D eigenvalue weighted by Gasteiger charge is -2.47. The van der Waals surface area contributed by atoms with Crippen LogP contribution in [-0.2, 0) is 38.1 Å². The number of hydrogen-bond donors (Lipinski definition) is 1. The van der Waals surface area contributed by atoms with Crippen LogP contribution in [0.4, 0.5) is 4.79 Å². The first-order chi connectivity index (χ1) is 25.7. The van der Waals surface area contributed by atoms with Gasteiger partial charge in [-0.15, -0.1) is 0 Å². The van der Waals surface area contributed by atoms with Gasteiger partial charge in [0.05, 0.1) is 23.9 Å². The fraction of sp³-hybridized carbons (Fsp3) is 0.800. The van der Waals surface area contributed by atoms with Crippen LogP contribution in [0.25, 0.3) is 0 Å². The van der Waals surface area contributed by atoms with Gasteiger partial charge in [-0.1, -0.05) is 39.5 Å². The van der Waals surface area contributed by atoms with Crippen LogP contribution in [0.3, 0.4) is 0 Å². The van der Waals surface area contributed by atoms with Crippen molar-refractivity contribution in [1.29, 1.82) is 0 Å². The number of aromatic nitrogens is 2. The number of cyclic esters (lactones) is 1. The van der Waals surface area contributed by atoms with Crippen LogP contribution < -0.4 is 0 Å². The summed E-state index contributed by atoms with van der Waals surface area (Å²) in [6, 6.07) is 0.838. The van der Waals surface area contributed by atoms with Crippen LogP contribution in [0, 0.1) is 37.5 Å². The molecule has 55 heavy (non-hydrogen) atoms. The molecule has 15 heteroatoms. The number of carbonyl (C=O) groups excluding carboxylic acids is 4. The summed E-state index contributed by atoms with van der Waals surface area (Å²) in [4.78, 5) is 69.1. The molecule has 1 aromatic rings. The van der Waals surface area contributed by atoms with E-state index in [1.165, 1.54) is 25.8 Å². The molecule has 3 aliphatic heterocycles. The summed E-state index contributed by atoms with van der Waals surface area (Å²) in [5, 5.41) is 12.1. The minimum absolute atomic E-state index is 0.130. The minimum atomic E-state index is -1.40. The summed E-state index contributed by atoms with van der Waals surface area (Å²) in [6.45, 7) is 18.1. The van der Waals surface area contributed by atoms with Gasteiger partial charge in [-0.3, -0.25) is 14.4 Å². The summed E-state index contributed by atoms with van der Waals surface area (Å²) < 4.78 is 31.1. The molecule has 1 aromatic heterocycles. The van der Waals surface area contributed by atoms with E-state index in [2.05, 4.69) is 9.97 Å². The maximum Gasteiger partial charge on any atom is 0.410 e. The Kier molecular flexibility index (Phi) is 15.0. The molecule has 3 saturated heterocycles. The Hall–Kier alpha value is -2.69. The van der Waals surface area contributed by atoms with E-state index in [-0.39, 0.29) is 37.3 Å². The number of hydrogen-bond acceptors (Lipinski definition) is 14. The lowest BCUT2D eigenvalue weighted by molar-refractivity contribution is -0.295. The van der Waals surface area contributed by atoms with E-state index in [9.17, 15) is 24.3 Å². The zero-order valence-electron chi connectivity index (χ0n) is 35.0. The number of ether oxygens (including phenoxy) is 5. The van der Waals surface area contributed by atoms with Crippen LogP contribution in [0.2, 0.25) is 0 Å². The highest BCUT2D eigenvalue weighted by atomic mass is 32.2. The molecular formula is C40H64N4O10S. The van der Waals surface area contributed by atoms with Crippen molar-refractivity contribution in [2.24, 2.45) is 23.7 Å². The Balaban J connectivity index is 1.70. The summed E-state index contributed by atoms with van der Waals surface area (Å²) in [5.41, 5.74) is -0.922. The highest BCUT2D eigenvalue weighted by Gasteiger charge is 2.60. The third kappa shape index (κ3) is 9.72. The van der Waals surface area contributed by atoms with E-state index >= 15 is 0 Å². The van der Waals surface area contributed by atoms with Crippen LogP contribution >= 0.6 is 11.8 Å². The van der Waals surface area contributed by atoms with E-state index in [0.717, 1.165) is 11.4 Å². The fourth-order valence-electron chi connectivity index (χ4n) is 8.87. The molecule has 13 atom stereocenters. The van der Waals surface area contributed by atoms with E-state index in [4.69, 9.17) is 23.7 Å². The molecule has 0 unspecified atom stereocenters. The van der Waals surface area contributed by atoms with Crippen molar-refractivity contribution in [1.82, 2.24) is 19.8 Å². The highest BCUT2D eigenvalue weighted by Crippen LogP contribution is 2.43. The molecule has 4 heterocycles. The van der Waals surface area contributed by atoms with Crippen LogP contribution in [0.15, 0.2) is 11.2 Å². The topological polar surface area (TPSA) is 167 Å². The fourth-order valence-corrected chi connectivity index (χ4v) is 9.74. The van der Waals surface area contributed by atoms with Gasteiger partial charge in [0.1, 0.15) is 23.9 Å². The second-order valence-corrected chi connectivity index (χ2v) is 17.6. The van der Waals surface area contributed by atoms with Crippen molar-refractivity contribution < 1.29 is 48.0 Å². The second kappa shape index (κ2) is 18.3. The van der Waals surface area contributed by atoms with Gasteiger partial charge < -0.3 is 38.6 Å². The van der Waals surface area contributed by atoms with Gasteiger partial charge >= 0.3 is 12.1 Å². The number of amides is 1. The number of aliphatic hydroxyl groups is 1. The maximum atomic E-state index is 14.6. The molecule has 3 fully saturated rings. The Morgan fingerprint density at radius 2 is 1.65 bits per heavy atom. The SMILES string of the molecule is CC[C@H]1OC(=O)[C@H](C)C(=O)[C@H](C)[C@@H](O[C@@H]2O[C@H](C)C[C@H](N(C)C)[C@H]2O)[C@@](C)(OC)C[C@@H](C)C(=O)[C@H](C)[C@H]2N(CCCSc3nc(C)cc(C)n3)C(=O)O[C@]12C. The summed E-state index contributed by atoms with van der Waals surface area (Å²) in [5.74, 6) is -4.34. The largest absolute Gasteiger partial charge is 0.458 e. The van der Waals surface area contributed by atoms with Crippen molar-refractivity contribution in [3.05, 3.63) is 17.5 Å². The smallest absolute Gasteiger partial charge is 0.410 e. The molecule has 0 spiro atoms. The van der Waals surface area contributed by atoms with Gasteiger partial charge in [-0.25, -0.2) is 14.8 Å². The predicted molar refractivity (Wildman–Crippen MR) is 206 cm³/mol. The summed E-state index contributed by atoms with van der Waals surface area (Å²) >= 11 is 1.49. The molecular weight excluding hydrogens is 729 g/mol. The number of esters is 1. The molecule has 0 radical (unpaired) electrons. The van der Waals surface area contributed by atoms with Gasteiger partial charge in [-0.2, -0.15) is 0 Å². The molecule has 1 N–H and O–H groups in total. The van der Waals surface area contributed by atoms with Crippen molar-refractivity contribution in [2.45, 2.75) is 154 Å². The number of aryl methyl sites for hydroxylation is 2. The van der Waals surface area contributed by atoms with Gasteiger partial charge in [-0.05, 0) is 87.4 Å². The molecule has 0 aromatic carbocycles. The normalized spacial score (nSPS) is 38.1. The van der Waals surface area contributed by atoms with E-state index in [1.807, 2.05) is 52.8 Å². The summed E-state index contributed by atoms with van der Waals surface area (Å²) in [7, 11) is 5.24.